The van der Waals surface area contributed by atoms with Crippen molar-refractivity contribution in [3.63, 3.8) is 0 Å². The van der Waals surface area contributed by atoms with Gasteiger partial charge in [-0.25, -0.2) is 0 Å². The molecule has 0 aliphatic carbocycles. The maximum absolute atomic E-state index is 12.3. The highest BCUT2D eigenvalue weighted by Gasteiger charge is 2.21. The van der Waals surface area contributed by atoms with E-state index in [0.717, 1.165) is 5.56 Å². The molecule has 0 bridgehead atoms. The number of hydrogen-bond donors (Lipinski definition) is 0. The molecule has 0 N–H and O–H groups in total. The van der Waals surface area contributed by atoms with Crippen LogP contribution in [0.15, 0.2) is 33.9 Å². The number of halogens is 1. The van der Waals surface area contributed by atoms with E-state index in [2.05, 4.69) is 10.2 Å². The zero-order valence-corrected chi connectivity index (χ0v) is 15.2. The number of carbonyl (C=O) groups excluding carboxylic acids is 1. The number of rotatable bonds is 6. The fourth-order valence-electron chi connectivity index (χ4n) is 2.35. The van der Waals surface area contributed by atoms with Crippen LogP contribution in [0.2, 0.25) is 5.02 Å². The second kappa shape index (κ2) is 7.84. The lowest BCUT2D eigenvalue weighted by atomic mass is 10.2. The maximum atomic E-state index is 12.3. The highest BCUT2D eigenvalue weighted by atomic mass is 35.5. The topological polar surface area (TPSA) is 59.2 Å². The smallest absolute Gasteiger partial charge is 0.277 e. The molecule has 0 spiro atoms. The summed E-state index contributed by atoms with van der Waals surface area (Å²) in [5, 5.41) is 9.02. The molecule has 7 heteroatoms. The molecule has 2 rings (SSSR count). The maximum Gasteiger partial charge on any atom is 0.277 e. The first-order chi connectivity index (χ1) is 10.9. The molecule has 1 aromatic heterocycles. The van der Waals surface area contributed by atoms with E-state index in [9.17, 15) is 4.79 Å². The Labute approximate surface area is 145 Å². The number of benzene rings is 1. The first kappa shape index (κ1) is 17.8. The van der Waals surface area contributed by atoms with Crippen LogP contribution in [0.5, 0.6) is 0 Å². The van der Waals surface area contributed by atoms with Crippen LogP contribution in [0.4, 0.5) is 0 Å². The molecule has 0 fully saturated rings. The van der Waals surface area contributed by atoms with Crippen molar-refractivity contribution in [3.05, 3.63) is 29.3 Å². The second-order valence-electron chi connectivity index (χ2n) is 5.66. The van der Waals surface area contributed by atoms with E-state index in [1.165, 1.54) is 11.8 Å². The van der Waals surface area contributed by atoms with Gasteiger partial charge >= 0.3 is 0 Å². The molecule has 23 heavy (non-hydrogen) atoms. The van der Waals surface area contributed by atoms with Crippen molar-refractivity contribution in [2.75, 3.05) is 5.75 Å². The predicted molar refractivity (Wildman–Crippen MR) is 92.6 cm³/mol. The van der Waals surface area contributed by atoms with E-state index in [4.69, 9.17) is 16.0 Å². The van der Waals surface area contributed by atoms with Crippen molar-refractivity contribution in [2.45, 2.75) is 45.0 Å². The van der Waals surface area contributed by atoms with Crippen LogP contribution in [-0.2, 0) is 4.79 Å². The summed E-state index contributed by atoms with van der Waals surface area (Å²) < 4.78 is 5.59. The van der Waals surface area contributed by atoms with E-state index in [1.54, 1.807) is 12.1 Å². The van der Waals surface area contributed by atoms with Gasteiger partial charge in [-0.2, -0.15) is 0 Å². The fourth-order valence-corrected chi connectivity index (χ4v) is 3.11. The molecule has 0 atom stereocenters. The Balaban J connectivity index is 1.99. The van der Waals surface area contributed by atoms with Crippen LogP contribution in [0.25, 0.3) is 11.5 Å². The van der Waals surface area contributed by atoms with Crippen molar-refractivity contribution in [1.29, 1.82) is 0 Å². The van der Waals surface area contributed by atoms with Gasteiger partial charge in [0.05, 0.1) is 5.75 Å². The Hall–Kier alpha value is -1.53. The lowest BCUT2D eigenvalue weighted by Gasteiger charge is -2.30. The van der Waals surface area contributed by atoms with Crippen LogP contribution >= 0.6 is 23.4 Å². The SMILES string of the molecule is CC(C)N(C(=O)CSc1nnc(-c2ccc(Cl)cc2)o1)C(C)C. The summed E-state index contributed by atoms with van der Waals surface area (Å²) in [5.41, 5.74) is 0.797. The molecule has 0 radical (unpaired) electrons. The Morgan fingerprint density at radius 3 is 2.35 bits per heavy atom. The molecule has 1 heterocycles. The molecule has 1 amide bonds. The first-order valence-electron chi connectivity index (χ1n) is 7.42. The van der Waals surface area contributed by atoms with E-state index in [0.29, 0.717) is 16.1 Å². The largest absolute Gasteiger partial charge is 0.411 e. The summed E-state index contributed by atoms with van der Waals surface area (Å²) in [5.74, 6) is 0.756. The summed E-state index contributed by atoms with van der Waals surface area (Å²) in [6.45, 7) is 8.03. The third-order valence-corrected chi connectivity index (χ3v) is 4.27. The van der Waals surface area contributed by atoms with Crippen molar-refractivity contribution in [1.82, 2.24) is 15.1 Å². The van der Waals surface area contributed by atoms with E-state index in [1.807, 2.05) is 44.7 Å². The Morgan fingerprint density at radius 2 is 1.78 bits per heavy atom. The summed E-state index contributed by atoms with van der Waals surface area (Å²) in [6, 6.07) is 7.48. The highest BCUT2D eigenvalue weighted by molar-refractivity contribution is 7.99. The molecule has 5 nitrogen and oxygen atoms in total. The van der Waals surface area contributed by atoms with Gasteiger partial charge in [0.2, 0.25) is 11.8 Å². The van der Waals surface area contributed by atoms with Gasteiger partial charge in [0, 0.05) is 22.7 Å². The monoisotopic (exact) mass is 353 g/mol. The fraction of sp³-hybridized carbons (Fsp3) is 0.438. The zero-order valence-electron chi connectivity index (χ0n) is 13.6. The number of hydrogen-bond acceptors (Lipinski definition) is 5. The van der Waals surface area contributed by atoms with E-state index < -0.39 is 0 Å². The molecule has 0 saturated heterocycles. The minimum absolute atomic E-state index is 0.0613. The van der Waals surface area contributed by atoms with E-state index >= 15 is 0 Å². The third-order valence-electron chi connectivity index (χ3n) is 3.22. The molecule has 0 unspecified atom stereocenters. The molecule has 0 aliphatic rings. The van der Waals surface area contributed by atoms with Crippen molar-refractivity contribution in [2.24, 2.45) is 0 Å². The Kier molecular flexibility index (Phi) is 6.07. The van der Waals surface area contributed by atoms with Gasteiger partial charge in [-0.05, 0) is 52.0 Å². The normalized spacial score (nSPS) is 11.3. The quantitative estimate of drug-likeness (QED) is 0.731. The highest BCUT2D eigenvalue weighted by Crippen LogP contribution is 2.24. The van der Waals surface area contributed by atoms with Crippen LogP contribution in [0.3, 0.4) is 0 Å². The lowest BCUT2D eigenvalue weighted by molar-refractivity contribution is -0.131. The lowest BCUT2D eigenvalue weighted by Crippen LogP contribution is -2.43. The minimum Gasteiger partial charge on any atom is -0.411 e. The number of thioether (sulfide) groups is 1. The first-order valence-corrected chi connectivity index (χ1v) is 8.78. The summed E-state index contributed by atoms with van der Waals surface area (Å²) >= 11 is 7.11. The Bertz CT molecular complexity index is 648. The molecule has 1 aromatic carbocycles. The second-order valence-corrected chi connectivity index (χ2v) is 7.02. The molecule has 2 aromatic rings. The summed E-state index contributed by atoms with van der Waals surface area (Å²) in [7, 11) is 0. The average Bonchev–Trinajstić information content (AvgIpc) is 2.94. The molecule has 0 aliphatic heterocycles. The van der Waals surface area contributed by atoms with E-state index in [-0.39, 0.29) is 23.7 Å². The standard InChI is InChI=1S/C16H20ClN3O2S/c1-10(2)20(11(3)4)14(21)9-23-16-19-18-15(22-16)12-5-7-13(17)8-6-12/h5-8,10-11H,9H2,1-4H3. The summed E-state index contributed by atoms with van der Waals surface area (Å²) in [4.78, 5) is 14.2. The van der Waals surface area contributed by atoms with Crippen LogP contribution in [-0.4, -0.2) is 38.8 Å². The van der Waals surface area contributed by atoms with Crippen LogP contribution in [0.1, 0.15) is 27.7 Å². The van der Waals surface area contributed by atoms with Gasteiger partial charge in [-0.1, -0.05) is 23.4 Å². The molecular weight excluding hydrogens is 334 g/mol. The van der Waals surface area contributed by atoms with Crippen molar-refractivity contribution in [3.8, 4) is 11.5 Å². The van der Waals surface area contributed by atoms with Gasteiger partial charge < -0.3 is 9.32 Å². The predicted octanol–water partition coefficient (Wildman–Crippen LogP) is 4.13. The number of carbonyl (C=O) groups is 1. The van der Waals surface area contributed by atoms with Crippen molar-refractivity contribution < 1.29 is 9.21 Å². The summed E-state index contributed by atoms with van der Waals surface area (Å²) in [6.07, 6.45) is 0. The van der Waals surface area contributed by atoms with Gasteiger partial charge in [-0.3, -0.25) is 4.79 Å². The zero-order chi connectivity index (χ0) is 17.0. The molecular formula is C16H20ClN3O2S. The molecule has 124 valence electrons. The Morgan fingerprint density at radius 1 is 1.17 bits per heavy atom. The van der Waals surface area contributed by atoms with Gasteiger partial charge in [-0.15, -0.1) is 10.2 Å². The average molecular weight is 354 g/mol. The van der Waals surface area contributed by atoms with Crippen molar-refractivity contribution >= 4 is 29.3 Å². The number of amides is 1. The van der Waals surface area contributed by atoms with Gasteiger partial charge in [0.15, 0.2) is 0 Å². The molecule has 0 saturated carbocycles. The van der Waals surface area contributed by atoms with Gasteiger partial charge in [0.1, 0.15) is 0 Å². The van der Waals surface area contributed by atoms with Crippen LogP contribution in [0, 0.1) is 0 Å². The number of nitrogens with zero attached hydrogens (tertiary/aromatic N) is 3. The van der Waals surface area contributed by atoms with Gasteiger partial charge in [0.25, 0.3) is 5.22 Å². The number of aromatic nitrogens is 2. The third kappa shape index (κ3) is 4.72. The minimum atomic E-state index is 0.0613. The van der Waals surface area contributed by atoms with Crippen LogP contribution < -0.4 is 0 Å².